The van der Waals surface area contributed by atoms with Crippen LogP contribution < -0.4 is 10.5 Å². The molecule has 1 amide bonds. The number of carbonyl (C=O) groups excluding carboxylic acids is 1. The van der Waals surface area contributed by atoms with Crippen LogP contribution in [0, 0.1) is 0 Å². The Labute approximate surface area is 119 Å². The number of carbonyl (C=O) groups is 1. The van der Waals surface area contributed by atoms with Gasteiger partial charge in [0.1, 0.15) is 5.75 Å². The largest absolute Gasteiger partial charge is 0.483 e. The van der Waals surface area contributed by atoms with Crippen molar-refractivity contribution in [3.05, 3.63) is 42.0 Å². The highest BCUT2D eigenvalue weighted by Gasteiger charge is 2.14. The van der Waals surface area contributed by atoms with Crippen molar-refractivity contribution in [1.29, 1.82) is 0 Å². The van der Waals surface area contributed by atoms with E-state index in [0.29, 0.717) is 5.75 Å². The van der Waals surface area contributed by atoms with Gasteiger partial charge < -0.3 is 15.4 Å². The minimum absolute atomic E-state index is 0.0146. The van der Waals surface area contributed by atoms with Gasteiger partial charge in [0.25, 0.3) is 5.91 Å². The first-order chi connectivity index (χ1) is 9.50. The van der Waals surface area contributed by atoms with E-state index in [4.69, 9.17) is 10.5 Å². The molecule has 2 aromatic carbocycles. The van der Waals surface area contributed by atoms with E-state index in [1.807, 2.05) is 43.3 Å². The van der Waals surface area contributed by atoms with Crippen molar-refractivity contribution in [3.63, 3.8) is 0 Å². The number of nitrogens with two attached hydrogens (primary N) is 1. The number of benzene rings is 2. The average Bonchev–Trinajstić information content (AvgIpc) is 2.43. The molecule has 2 aromatic rings. The first-order valence-corrected chi connectivity index (χ1v) is 6.61. The minimum atomic E-state index is -0.149. The molecule has 2 N–H and O–H groups in total. The van der Waals surface area contributed by atoms with Crippen molar-refractivity contribution in [1.82, 2.24) is 4.90 Å². The molecule has 0 aliphatic carbocycles. The lowest BCUT2D eigenvalue weighted by molar-refractivity contribution is -0.130. The van der Waals surface area contributed by atoms with E-state index in [9.17, 15) is 4.79 Å². The normalized spacial score (nSPS) is 12.2. The molecule has 20 heavy (non-hydrogen) atoms. The molecule has 0 radical (unpaired) electrons. The molecule has 0 spiro atoms. The molecule has 0 saturated heterocycles. The number of hydrogen-bond donors (Lipinski definition) is 1. The molecule has 0 bridgehead atoms. The smallest absolute Gasteiger partial charge is 0.259 e. The van der Waals surface area contributed by atoms with Crippen LogP contribution in [0.4, 0.5) is 0 Å². The zero-order chi connectivity index (χ0) is 14.7. The Kier molecular flexibility index (Phi) is 4.25. The number of ether oxygens (including phenoxy) is 1. The molecule has 106 valence electrons. The second-order valence-corrected chi connectivity index (χ2v) is 5.07. The lowest BCUT2D eigenvalue weighted by atomic mass is 10.0. The third-order valence-corrected chi connectivity index (χ3v) is 3.24. The highest BCUT2D eigenvalue weighted by atomic mass is 16.5. The number of rotatable bonds is 4. The van der Waals surface area contributed by atoms with Crippen molar-refractivity contribution in [2.24, 2.45) is 5.73 Å². The zero-order valence-corrected chi connectivity index (χ0v) is 12.1. The van der Waals surface area contributed by atoms with Crippen LogP contribution in [0.3, 0.4) is 0 Å². The summed E-state index contributed by atoms with van der Waals surface area (Å²) >= 11 is 0. The molecule has 4 nitrogen and oxygen atoms in total. The molecule has 0 aromatic heterocycles. The van der Waals surface area contributed by atoms with Gasteiger partial charge in [-0.2, -0.15) is 0 Å². The molecule has 2 rings (SSSR count). The fraction of sp³-hybridized carbons (Fsp3) is 0.312. The molecule has 1 atom stereocenters. The number of nitrogens with zero attached hydrogens (tertiary/aromatic N) is 1. The monoisotopic (exact) mass is 272 g/mol. The molecular formula is C16H20N2O2. The third kappa shape index (κ3) is 2.91. The highest BCUT2D eigenvalue weighted by molar-refractivity contribution is 5.90. The van der Waals surface area contributed by atoms with Gasteiger partial charge in [0.15, 0.2) is 6.61 Å². The summed E-state index contributed by atoms with van der Waals surface area (Å²) in [5.41, 5.74) is 6.91. The van der Waals surface area contributed by atoms with Crippen LogP contribution in [0.1, 0.15) is 18.5 Å². The predicted octanol–water partition coefficient (Wildman–Crippen LogP) is 2.33. The Morgan fingerprint density at radius 1 is 1.25 bits per heavy atom. The first-order valence-electron chi connectivity index (χ1n) is 6.61. The van der Waals surface area contributed by atoms with Crippen LogP contribution in [-0.2, 0) is 4.79 Å². The number of amides is 1. The van der Waals surface area contributed by atoms with Crippen molar-refractivity contribution in [2.75, 3.05) is 20.7 Å². The van der Waals surface area contributed by atoms with Crippen LogP contribution in [0.15, 0.2) is 36.4 Å². The lowest BCUT2D eigenvalue weighted by Crippen LogP contribution is -2.28. The van der Waals surface area contributed by atoms with Gasteiger partial charge in [-0.3, -0.25) is 4.79 Å². The molecule has 0 fully saturated rings. The van der Waals surface area contributed by atoms with Crippen molar-refractivity contribution >= 4 is 16.7 Å². The Hall–Kier alpha value is -2.07. The first kappa shape index (κ1) is 14.3. The van der Waals surface area contributed by atoms with Crippen LogP contribution >= 0.6 is 0 Å². The number of fused-ring (bicyclic) bond motifs is 1. The Morgan fingerprint density at radius 3 is 2.60 bits per heavy atom. The summed E-state index contributed by atoms with van der Waals surface area (Å²) < 4.78 is 5.76. The van der Waals surface area contributed by atoms with E-state index in [-0.39, 0.29) is 18.6 Å². The van der Waals surface area contributed by atoms with Crippen LogP contribution in [0.5, 0.6) is 5.75 Å². The maximum Gasteiger partial charge on any atom is 0.259 e. The molecule has 0 aliphatic rings. The maximum absolute atomic E-state index is 11.7. The summed E-state index contributed by atoms with van der Waals surface area (Å²) in [6.07, 6.45) is 0. The van der Waals surface area contributed by atoms with Gasteiger partial charge in [0.05, 0.1) is 0 Å². The van der Waals surface area contributed by atoms with Crippen LogP contribution in [0.25, 0.3) is 10.8 Å². The van der Waals surface area contributed by atoms with Gasteiger partial charge in [-0.15, -0.1) is 0 Å². The van der Waals surface area contributed by atoms with Crippen molar-refractivity contribution in [2.45, 2.75) is 13.0 Å². The summed E-state index contributed by atoms with van der Waals surface area (Å²) in [5, 5.41) is 2.05. The molecule has 4 heteroatoms. The highest BCUT2D eigenvalue weighted by Crippen LogP contribution is 2.32. The molecule has 0 heterocycles. The quantitative estimate of drug-likeness (QED) is 0.929. The molecular weight excluding hydrogens is 252 g/mol. The van der Waals surface area contributed by atoms with Crippen LogP contribution in [-0.4, -0.2) is 31.5 Å². The van der Waals surface area contributed by atoms with E-state index >= 15 is 0 Å². The fourth-order valence-corrected chi connectivity index (χ4v) is 2.04. The summed E-state index contributed by atoms with van der Waals surface area (Å²) in [6.45, 7) is 1.92. The molecule has 0 unspecified atom stereocenters. The molecule has 0 aliphatic heterocycles. The second-order valence-electron chi connectivity index (χ2n) is 5.07. The predicted molar refractivity (Wildman–Crippen MR) is 80.7 cm³/mol. The van der Waals surface area contributed by atoms with Crippen molar-refractivity contribution in [3.8, 4) is 5.75 Å². The Bertz CT molecular complexity index is 621. The topological polar surface area (TPSA) is 55.6 Å². The fourth-order valence-electron chi connectivity index (χ4n) is 2.04. The summed E-state index contributed by atoms with van der Waals surface area (Å²) in [5.74, 6) is 0.627. The number of likely N-dealkylation sites (N-methyl/N-ethyl adjacent to an activating group) is 1. The zero-order valence-electron chi connectivity index (χ0n) is 12.1. The number of hydrogen-bond acceptors (Lipinski definition) is 3. The van der Waals surface area contributed by atoms with Gasteiger partial charge in [-0.05, 0) is 12.3 Å². The van der Waals surface area contributed by atoms with Gasteiger partial charge in [0, 0.05) is 31.1 Å². The van der Waals surface area contributed by atoms with Gasteiger partial charge in [-0.1, -0.05) is 36.4 Å². The van der Waals surface area contributed by atoms with Gasteiger partial charge in [-0.25, -0.2) is 0 Å². The minimum Gasteiger partial charge on any atom is -0.483 e. The second kappa shape index (κ2) is 5.92. The van der Waals surface area contributed by atoms with E-state index in [2.05, 4.69) is 0 Å². The van der Waals surface area contributed by atoms with E-state index in [1.165, 1.54) is 4.90 Å². The molecule has 0 saturated carbocycles. The van der Waals surface area contributed by atoms with E-state index in [1.54, 1.807) is 14.1 Å². The maximum atomic E-state index is 11.7. The third-order valence-electron chi connectivity index (χ3n) is 3.24. The summed E-state index contributed by atoms with van der Waals surface area (Å²) in [4.78, 5) is 13.2. The van der Waals surface area contributed by atoms with E-state index < -0.39 is 0 Å². The van der Waals surface area contributed by atoms with Crippen LogP contribution in [0.2, 0.25) is 0 Å². The van der Waals surface area contributed by atoms with Gasteiger partial charge >= 0.3 is 0 Å². The summed E-state index contributed by atoms with van der Waals surface area (Å²) in [7, 11) is 3.42. The standard InChI is InChI=1S/C16H20N2O2/c1-11(17)13-9-8-12-6-4-5-7-14(12)16(13)20-10-15(19)18(2)3/h4-9,11H,10,17H2,1-3H3/t11-/m1/s1. The van der Waals surface area contributed by atoms with E-state index in [0.717, 1.165) is 16.3 Å². The summed E-state index contributed by atoms with van der Waals surface area (Å²) in [6, 6.07) is 11.8. The Morgan fingerprint density at radius 2 is 1.95 bits per heavy atom. The van der Waals surface area contributed by atoms with Crippen molar-refractivity contribution < 1.29 is 9.53 Å². The lowest BCUT2D eigenvalue weighted by Gasteiger charge is -2.17. The van der Waals surface area contributed by atoms with Gasteiger partial charge in [0.2, 0.25) is 0 Å². The SMILES string of the molecule is C[C@@H](N)c1ccc2ccccc2c1OCC(=O)N(C)C. The average molecular weight is 272 g/mol. The Balaban J connectivity index is 2.42.